The van der Waals surface area contributed by atoms with Crippen LogP contribution in [-0.4, -0.2) is 24.2 Å². The third-order valence-corrected chi connectivity index (χ3v) is 2.67. The summed E-state index contributed by atoms with van der Waals surface area (Å²) in [5.74, 6) is 0.485. The molecule has 1 N–H and O–H groups in total. The van der Waals surface area contributed by atoms with E-state index in [0.717, 1.165) is 17.0 Å². The van der Waals surface area contributed by atoms with Gasteiger partial charge in [-0.15, -0.1) is 0 Å². The van der Waals surface area contributed by atoms with Crippen molar-refractivity contribution in [2.45, 2.75) is 6.92 Å². The lowest BCUT2D eigenvalue weighted by Gasteiger charge is -2.00. The Morgan fingerprint density at radius 2 is 2.00 bits per heavy atom. The number of nitrogens with one attached hydrogen (secondary N) is 1. The molecule has 0 bridgehead atoms. The molecule has 1 aromatic carbocycles. The fourth-order valence-electron chi connectivity index (χ4n) is 1.52. The molecule has 0 saturated carbocycles. The van der Waals surface area contributed by atoms with E-state index in [2.05, 4.69) is 15.5 Å². The van der Waals surface area contributed by atoms with Gasteiger partial charge in [0.15, 0.2) is 0 Å². The molecule has 0 atom stereocenters. The van der Waals surface area contributed by atoms with Gasteiger partial charge in [-0.2, -0.15) is 5.10 Å². The number of ether oxygens (including phenoxy) is 1. The Morgan fingerprint density at radius 1 is 1.25 bits per heavy atom. The molecule has 1 amide bonds. The number of benzene rings is 1. The summed E-state index contributed by atoms with van der Waals surface area (Å²) >= 11 is 0. The Bertz CT molecular complexity index is 604. The van der Waals surface area contributed by atoms with Crippen molar-refractivity contribution in [1.82, 2.24) is 10.4 Å². The predicted octanol–water partition coefficient (Wildman–Crippen LogP) is 2.16. The van der Waals surface area contributed by atoms with Crippen LogP contribution in [0.25, 0.3) is 0 Å². The Hall–Kier alpha value is -2.69. The van der Waals surface area contributed by atoms with E-state index >= 15 is 0 Å². The summed E-state index contributed by atoms with van der Waals surface area (Å²) in [4.78, 5) is 15.8. The summed E-state index contributed by atoms with van der Waals surface area (Å²) in [6.07, 6.45) is 3.09. The van der Waals surface area contributed by atoms with Crippen LogP contribution in [0.1, 0.15) is 21.6 Å². The maximum Gasteiger partial charge on any atom is 0.272 e. The minimum Gasteiger partial charge on any atom is -0.497 e. The molecule has 2 rings (SSSR count). The summed E-state index contributed by atoms with van der Waals surface area (Å²) in [6.45, 7) is 1.86. The quantitative estimate of drug-likeness (QED) is 0.683. The highest BCUT2D eigenvalue weighted by atomic mass is 16.5. The number of hydrazone groups is 1. The molecule has 0 aliphatic carbocycles. The van der Waals surface area contributed by atoms with Crippen LogP contribution in [0.3, 0.4) is 0 Å². The number of nitrogens with zero attached hydrogens (tertiary/aromatic N) is 2. The molecule has 0 saturated heterocycles. The molecule has 102 valence electrons. The number of amides is 1. The van der Waals surface area contributed by atoms with Gasteiger partial charge in [0.05, 0.1) is 18.9 Å². The van der Waals surface area contributed by atoms with Gasteiger partial charge in [0.2, 0.25) is 0 Å². The van der Waals surface area contributed by atoms with Gasteiger partial charge in [-0.3, -0.25) is 9.78 Å². The first-order chi connectivity index (χ1) is 9.69. The fraction of sp³-hybridized carbons (Fsp3) is 0.133. The number of aromatic nitrogens is 1. The van der Waals surface area contributed by atoms with E-state index in [1.807, 2.05) is 31.2 Å². The van der Waals surface area contributed by atoms with E-state index < -0.39 is 0 Å². The van der Waals surface area contributed by atoms with Gasteiger partial charge in [-0.25, -0.2) is 5.43 Å². The number of hydrogen-bond donors (Lipinski definition) is 1. The number of aryl methyl sites for hydroxylation is 1. The van der Waals surface area contributed by atoms with Crippen LogP contribution >= 0.6 is 0 Å². The number of carbonyl (C=O) groups is 1. The Labute approximate surface area is 117 Å². The highest BCUT2D eigenvalue weighted by Gasteiger charge is 2.03. The monoisotopic (exact) mass is 269 g/mol. The molecule has 0 spiro atoms. The Balaban J connectivity index is 1.95. The summed E-state index contributed by atoms with van der Waals surface area (Å²) in [6, 6.07) is 10.8. The first-order valence-corrected chi connectivity index (χ1v) is 6.09. The maximum atomic E-state index is 11.8. The zero-order chi connectivity index (χ0) is 14.4. The summed E-state index contributed by atoms with van der Waals surface area (Å²) < 4.78 is 5.06. The van der Waals surface area contributed by atoms with Crippen molar-refractivity contribution in [3.8, 4) is 5.75 Å². The van der Waals surface area contributed by atoms with Gasteiger partial charge in [-0.1, -0.05) is 0 Å². The minimum absolute atomic E-state index is 0.290. The van der Waals surface area contributed by atoms with Gasteiger partial charge in [0, 0.05) is 11.9 Å². The molecule has 5 heteroatoms. The molecule has 0 radical (unpaired) electrons. The molecular weight excluding hydrogens is 254 g/mol. The highest BCUT2D eigenvalue weighted by molar-refractivity contribution is 5.94. The van der Waals surface area contributed by atoms with E-state index in [9.17, 15) is 4.79 Å². The van der Waals surface area contributed by atoms with E-state index in [1.165, 1.54) is 6.20 Å². The van der Waals surface area contributed by atoms with Gasteiger partial charge in [-0.05, 0) is 48.9 Å². The second kappa shape index (κ2) is 6.47. The van der Waals surface area contributed by atoms with Gasteiger partial charge in [0.1, 0.15) is 5.75 Å². The molecule has 5 nitrogen and oxygen atoms in total. The Morgan fingerprint density at radius 3 is 2.60 bits per heavy atom. The van der Waals surface area contributed by atoms with E-state index in [0.29, 0.717) is 5.56 Å². The lowest BCUT2D eigenvalue weighted by atomic mass is 10.2. The van der Waals surface area contributed by atoms with Crippen LogP contribution < -0.4 is 10.2 Å². The molecule has 0 unspecified atom stereocenters. The van der Waals surface area contributed by atoms with Crippen molar-refractivity contribution in [2.75, 3.05) is 7.11 Å². The second-order valence-corrected chi connectivity index (χ2v) is 4.16. The van der Waals surface area contributed by atoms with Crippen LogP contribution in [0.2, 0.25) is 0 Å². The van der Waals surface area contributed by atoms with Crippen LogP contribution in [0.5, 0.6) is 5.75 Å². The van der Waals surface area contributed by atoms with Crippen LogP contribution in [0.4, 0.5) is 0 Å². The summed E-state index contributed by atoms with van der Waals surface area (Å²) in [5, 5.41) is 3.90. The van der Waals surface area contributed by atoms with E-state index in [1.54, 1.807) is 25.5 Å². The number of rotatable bonds is 4. The SMILES string of the molecule is COc1ccc(/C=N/NC(=O)c2ccc(C)nc2)cc1. The molecule has 1 heterocycles. The third-order valence-electron chi connectivity index (χ3n) is 2.67. The maximum absolute atomic E-state index is 11.8. The average molecular weight is 269 g/mol. The Kier molecular flexibility index (Phi) is 4.44. The van der Waals surface area contributed by atoms with Crippen molar-refractivity contribution in [3.05, 3.63) is 59.4 Å². The molecule has 20 heavy (non-hydrogen) atoms. The standard InChI is InChI=1S/C15H15N3O2/c1-11-3-6-13(10-16-11)15(19)18-17-9-12-4-7-14(20-2)8-5-12/h3-10H,1-2H3,(H,18,19)/b17-9+. The zero-order valence-corrected chi connectivity index (χ0v) is 11.3. The van der Waals surface area contributed by atoms with Crippen LogP contribution in [0, 0.1) is 6.92 Å². The zero-order valence-electron chi connectivity index (χ0n) is 11.3. The highest BCUT2D eigenvalue weighted by Crippen LogP contribution is 2.09. The molecular formula is C15H15N3O2. The number of carbonyl (C=O) groups excluding carboxylic acids is 1. The van der Waals surface area contributed by atoms with Gasteiger partial charge < -0.3 is 4.74 Å². The smallest absolute Gasteiger partial charge is 0.272 e. The number of hydrogen-bond acceptors (Lipinski definition) is 4. The van der Waals surface area contributed by atoms with Crippen LogP contribution in [-0.2, 0) is 0 Å². The second-order valence-electron chi connectivity index (χ2n) is 4.16. The van der Waals surface area contributed by atoms with Gasteiger partial charge in [0.25, 0.3) is 5.91 Å². The normalized spacial score (nSPS) is 10.5. The van der Waals surface area contributed by atoms with Gasteiger partial charge >= 0.3 is 0 Å². The molecule has 0 aliphatic rings. The molecule has 0 aliphatic heterocycles. The topological polar surface area (TPSA) is 63.6 Å². The molecule has 0 fully saturated rings. The van der Waals surface area contributed by atoms with Crippen molar-refractivity contribution in [2.24, 2.45) is 5.10 Å². The predicted molar refractivity (Wildman–Crippen MR) is 77.0 cm³/mol. The van der Waals surface area contributed by atoms with Crippen molar-refractivity contribution >= 4 is 12.1 Å². The minimum atomic E-state index is -0.290. The molecule has 2 aromatic rings. The van der Waals surface area contributed by atoms with Crippen molar-refractivity contribution in [1.29, 1.82) is 0 Å². The third kappa shape index (κ3) is 3.65. The first kappa shape index (κ1) is 13.7. The van der Waals surface area contributed by atoms with Crippen molar-refractivity contribution in [3.63, 3.8) is 0 Å². The van der Waals surface area contributed by atoms with E-state index in [4.69, 9.17) is 4.74 Å². The first-order valence-electron chi connectivity index (χ1n) is 6.09. The largest absolute Gasteiger partial charge is 0.497 e. The summed E-state index contributed by atoms with van der Waals surface area (Å²) in [7, 11) is 1.61. The average Bonchev–Trinajstić information content (AvgIpc) is 2.48. The van der Waals surface area contributed by atoms with Crippen molar-refractivity contribution < 1.29 is 9.53 Å². The lowest BCUT2D eigenvalue weighted by molar-refractivity contribution is 0.0955. The van der Waals surface area contributed by atoms with Crippen LogP contribution in [0.15, 0.2) is 47.7 Å². The lowest BCUT2D eigenvalue weighted by Crippen LogP contribution is -2.17. The van der Waals surface area contributed by atoms with E-state index in [-0.39, 0.29) is 5.91 Å². The fourth-order valence-corrected chi connectivity index (χ4v) is 1.52. The summed E-state index contributed by atoms with van der Waals surface area (Å²) in [5.41, 5.74) is 4.66. The molecule has 1 aromatic heterocycles. The number of pyridine rings is 1. The number of methoxy groups -OCH3 is 1.